The van der Waals surface area contributed by atoms with E-state index in [1.807, 2.05) is 0 Å². The van der Waals surface area contributed by atoms with E-state index in [1.165, 1.54) is 32.4 Å². The molecule has 1 N–H and O–H groups in total. The van der Waals surface area contributed by atoms with Crippen molar-refractivity contribution >= 4 is 0 Å². The molecule has 1 aliphatic heterocycles. The van der Waals surface area contributed by atoms with Gasteiger partial charge in [-0.1, -0.05) is 27.2 Å². The van der Waals surface area contributed by atoms with Crippen LogP contribution < -0.4 is 0 Å². The Morgan fingerprint density at radius 3 is 2.44 bits per heavy atom. The van der Waals surface area contributed by atoms with Crippen molar-refractivity contribution in [1.82, 2.24) is 4.90 Å². The largest absolute Gasteiger partial charge is 0.396 e. The van der Waals surface area contributed by atoms with Crippen LogP contribution in [0.4, 0.5) is 0 Å². The van der Waals surface area contributed by atoms with Crippen molar-refractivity contribution in [3.05, 3.63) is 0 Å². The van der Waals surface area contributed by atoms with E-state index in [1.54, 1.807) is 0 Å². The van der Waals surface area contributed by atoms with E-state index < -0.39 is 0 Å². The third-order valence-electron chi connectivity index (χ3n) is 4.57. The van der Waals surface area contributed by atoms with Crippen LogP contribution in [0.2, 0.25) is 0 Å². The summed E-state index contributed by atoms with van der Waals surface area (Å²) in [6, 6.07) is 0. The summed E-state index contributed by atoms with van der Waals surface area (Å²) in [5.41, 5.74) is 0.148. The molecule has 2 heteroatoms. The van der Waals surface area contributed by atoms with E-state index in [4.69, 9.17) is 0 Å². The van der Waals surface area contributed by atoms with Crippen LogP contribution >= 0.6 is 0 Å². The topological polar surface area (TPSA) is 23.5 Å². The standard InChI is InChI=1S/C14H29NO/c1-4-13-8-7-9-15(10-13)11-14(5-2,6-3)12-16/h13,16H,4-12H2,1-3H3. The molecule has 1 unspecified atom stereocenters. The van der Waals surface area contributed by atoms with E-state index in [0.29, 0.717) is 6.61 Å². The smallest absolute Gasteiger partial charge is 0.0499 e. The molecule has 0 spiro atoms. The van der Waals surface area contributed by atoms with Crippen LogP contribution in [0.3, 0.4) is 0 Å². The predicted molar refractivity (Wildman–Crippen MR) is 69.6 cm³/mol. The fraction of sp³-hybridized carbons (Fsp3) is 1.00. The maximum absolute atomic E-state index is 9.60. The quantitative estimate of drug-likeness (QED) is 0.754. The minimum absolute atomic E-state index is 0.148. The first-order valence-corrected chi connectivity index (χ1v) is 7.03. The van der Waals surface area contributed by atoms with E-state index >= 15 is 0 Å². The number of aliphatic hydroxyl groups excluding tert-OH is 1. The average molecular weight is 227 g/mol. The van der Waals surface area contributed by atoms with Gasteiger partial charge in [-0.3, -0.25) is 0 Å². The van der Waals surface area contributed by atoms with Gasteiger partial charge in [-0.05, 0) is 38.1 Å². The van der Waals surface area contributed by atoms with Gasteiger partial charge in [0.2, 0.25) is 0 Å². The zero-order valence-electron chi connectivity index (χ0n) is 11.3. The van der Waals surface area contributed by atoms with Gasteiger partial charge in [0.1, 0.15) is 0 Å². The normalized spacial score (nSPS) is 23.6. The van der Waals surface area contributed by atoms with Crippen LogP contribution in [0.15, 0.2) is 0 Å². The Balaban J connectivity index is 2.50. The molecule has 0 saturated carbocycles. The molecule has 0 bridgehead atoms. The van der Waals surface area contributed by atoms with Gasteiger partial charge < -0.3 is 10.0 Å². The summed E-state index contributed by atoms with van der Waals surface area (Å²) in [6.45, 7) is 10.6. The molecule has 1 heterocycles. The van der Waals surface area contributed by atoms with E-state index in [0.717, 1.165) is 25.3 Å². The lowest BCUT2D eigenvalue weighted by Gasteiger charge is -2.39. The van der Waals surface area contributed by atoms with E-state index in [2.05, 4.69) is 25.7 Å². The first-order valence-electron chi connectivity index (χ1n) is 7.03. The molecule has 1 atom stereocenters. The van der Waals surface area contributed by atoms with Crippen molar-refractivity contribution in [1.29, 1.82) is 0 Å². The SMILES string of the molecule is CCC1CCCN(CC(CC)(CC)CO)C1. The molecule has 2 nitrogen and oxygen atoms in total. The summed E-state index contributed by atoms with van der Waals surface area (Å²) in [5.74, 6) is 0.888. The van der Waals surface area contributed by atoms with Gasteiger partial charge in [0.15, 0.2) is 0 Å². The van der Waals surface area contributed by atoms with Crippen molar-refractivity contribution in [2.45, 2.75) is 52.9 Å². The summed E-state index contributed by atoms with van der Waals surface area (Å²) in [4.78, 5) is 2.58. The molecule has 1 saturated heterocycles. The minimum Gasteiger partial charge on any atom is -0.396 e. The first-order chi connectivity index (χ1) is 7.69. The molecular formula is C14H29NO. The highest BCUT2D eigenvalue weighted by Gasteiger charge is 2.30. The Morgan fingerprint density at radius 2 is 1.94 bits per heavy atom. The minimum atomic E-state index is 0.148. The third-order valence-corrected chi connectivity index (χ3v) is 4.57. The summed E-state index contributed by atoms with van der Waals surface area (Å²) < 4.78 is 0. The Kier molecular flexibility index (Phi) is 5.77. The highest BCUT2D eigenvalue weighted by Crippen LogP contribution is 2.29. The predicted octanol–water partition coefficient (Wildman–Crippen LogP) is 2.91. The maximum atomic E-state index is 9.60. The van der Waals surface area contributed by atoms with Gasteiger partial charge in [-0.25, -0.2) is 0 Å². The van der Waals surface area contributed by atoms with Crippen molar-refractivity contribution in [3.63, 3.8) is 0 Å². The van der Waals surface area contributed by atoms with E-state index in [-0.39, 0.29) is 5.41 Å². The number of hydrogen-bond acceptors (Lipinski definition) is 2. The molecule has 96 valence electrons. The van der Waals surface area contributed by atoms with Gasteiger partial charge in [-0.2, -0.15) is 0 Å². The molecule has 0 radical (unpaired) electrons. The van der Waals surface area contributed by atoms with E-state index in [9.17, 15) is 5.11 Å². The lowest BCUT2D eigenvalue weighted by molar-refractivity contribution is 0.0463. The second-order valence-corrected chi connectivity index (χ2v) is 5.52. The second kappa shape index (κ2) is 6.61. The van der Waals surface area contributed by atoms with Crippen molar-refractivity contribution in [3.8, 4) is 0 Å². The molecular weight excluding hydrogens is 198 g/mol. The Hall–Kier alpha value is -0.0800. The maximum Gasteiger partial charge on any atom is 0.0499 e. The summed E-state index contributed by atoms with van der Waals surface area (Å²) in [6.07, 6.45) is 6.23. The molecule has 1 aliphatic rings. The molecule has 0 aromatic rings. The van der Waals surface area contributed by atoms with Crippen molar-refractivity contribution in [2.24, 2.45) is 11.3 Å². The van der Waals surface area contributed by atoms with Crippen LogP contribution in [0.25, 0.3) is 0 Å². The Labute approximate surface area is 101 Å². The summed E-state index contributed by atoms with van der Waals surface area (Å²) in [5, 5.41) is 9.60. The third kappa shape index (κ3) is 3.46. The number of rotatable bonds is 6. The summed E-state index contributed by atoms with van der Waals surface area (Å²) in [7, 11) is 0. The van der Waals surface area contributed by atoms with Gasteiger partial charge in [0.25, 0.3) is 0 Å². The Morgan fingerprint density at radius 1 is 1.25 bits per heavy atom. The second-order valence-electron chi connectivity index (χ2n) is 5.52. The van der Waals surface area contributed by atoms with Crippen molar-refractivity contribution < 1.29 is 5.11 Å². The molecule has 16 heavy (non-hydrogen) atoms. The molecule has 1 rings (SSSR count). The molecule has 1 fully saturated rings. The van der Waals surface area contributed by atoms with Crippen LogP contribution in [0.1, 0.15) is 52.9 Å². The Bertz CT molecular complexity index is 181. The average Bonchev–Trinajstić information content (AvgIpc) is 2.36. The zero-order valence-corrected chi connectivity index (χ0v) is 11.3. The highest BCUT2D eigenvalue weighted by molar-refractivity contribution is 4.82. The monoisotopic (exact) mass is 227 g/mol. The zero-order chi connectivity index (χ0) is 12.0. The molecule has 0 aromatic heterocycles. The highest BCUT2D eigenvalue weighted by atomic mass is 16.3. The first kappa shape index (κ1) is 14.0. The van der Waals surface area contributed by atoms with Gasteiger partial charge in [0.05, 0.1) is 0 Å². The lowest BCUT2D eigenvalue weighted by Crippen LogP contribution is -2.44. The lowest BCUT2D eigenvalue weighted by atomic mass is 9.81. The van der Waals surface area contributed by atoms with Crippen LogP contribution in [-0.4, -0.2) is 36.2 Å². The number of aliphatic hydroxyl groups is 1. The van der Waals surface area contributed by atoms with Gasteiger partial charge in [-0.15, -0.1) is 0 Å². The van der Waals surface area contributed by atoms with Crippen LogP contribution in [-0.2, 0) is 0 Å². The van der Waals surface area contributed by atoms with Gasteiger partial charge >= 0.3 is 0 Å². The molecule has 0 amide bonds. The van der Waals surface area contributed by atoms with Gasteiger partial charge in [0, 0.05) is 25.1 Å². The number of hydrogen-bond donors (Lipinski definition) is 1. The van der Waals surface area contributed by atoms with Crippen LogP contribution in [0.5, 0.6) is 0 Å². The number of likely N-dealkylation sites (tertiary alicyclic amines) is 1. The number of nitrogens with zero attached hydrogens (tertiary/aromatic N) is 1. The van der Waals surface area contributed by atoms with Crippen LogP contribution in [0, 0.1) is 11.3 Å². The summed E-state index contributed by atoms with van der Waals surface area (Å²) >= 11 is 0. The molecule has 0 aliphatic carbocycles. The fourth-order valence-corrected chi connectivity index (χ4v) is 2.85. The molecule has 0 aromatic carbocycles. The van der Waals surface area contributed by atoms with Crippen molar-refractivity contribution in [2.75, 3.05) is 26.2 Å². The number of piperidine rings is 1. The fourth-order valence-electron chi connectivity index (χ4n) is 2.85.